The van der Waals surface area contributed by atoms with Crippen molar-refractivity contribution in [1.82, 2.24) is 14.9 Å². The molecule has 3 aromatic carbocycles. The highest BCUT2D eigenvalue weighted by Gasteiger charge is 2.30. The quantitative estimate of drug-likeness (QED) is 0.227. The zero-order valence-electron chi connectivity index (χ0n) is 24.2. The van der Waals surface area contributed by atoms with Crippen molar-refractivity contribution in [3.63, 3.8) is 0 Å². The fourth-order valence-electron chi connectivity index (χ4n) is 4.49. The highest BCUT2D eigenvalue weighted by atomic mass is 32.2. The molecule has 0 fully saturated rings. The second-order valence-electron chi connectivity index (χ2n) is 9.84. The Kier molecular flexibility index (Phi) is 13.1. The number of nitrogens with one attached hydrogen (secondary N) is 2. The average molecular weight is 598 g/mol. The van der Waals surface area contributed by atoms with Crippen molar-refractivity contribution in [2.24, 2.45) is 0 Å². The molecule has 42 heavy (non-hydrogen) atoms. The molecule has 10 heteroatoms. The van der Waals surface area contributed by atoms with Crippen LogP contribution in [-0.2, 0) is 43.7 Å². The molecule has 0 bridgehead atoms. The van der Waals surface area contributed by atoms with Crippen molar-refractivity contribution in [3.8, 4) is 0 Å². The van der Waals surface area contributed by atoms with E-state index < -0.39 is 16.1 Å². The second-order valence-corrected chi connectivity index (χ2v) is 11.6. The minimum absolute atomic E-state index is 0.101. The van der Waals surface area contributed by atoms with Crippen LogP contribution < -0.4 is 10.0 Å². The number of benzene rings is 3. The number of halogens is 1. The van der Waals surface area contributed by atoms with Gasteiger partial charge in [0.1, 0.15) is 11.9 Å². The SMILES string of the molecule is CCNS(=O)(=O)c1ccc(CCC(=O)N(Cc2ccc(F)cc2)C(Cc2ccccc2)C(=O)NCCCOCC)cc1. The highest BCUT2D eigenvalue weighted by Crippen LogP contribution is 2.18. The van der Waals surface area contributed by atoms with Crippen LogP contribution >= 0.6 is 0 Å². The smallest absolute Gasteiger partial charge is 0.243 e. The van der Waals surface area contributed by atoms with Crippen LogP contribution in [0.4, 0.5) is 4.39 Å². The van der Waals surface area contributed by atoms with Crippen molar-refractivity contribution in [1.29, 1.82) is 0 Å². The number of amides is 2. The molecule has 0 aliphatic carbocycles. The van der Waals surface area contributed by atoms with Crippen LogP contribution in [0.1, 0.15) is 43.4 Å². The fourth-order valence-corrected chi connectivity index (χ4v) is 5.53. The minimum atomic E-state index is -3.58. The van der Waals surface area contributed by atoms with Gasteiger partial charge >= 0.3 is 0 Å². The van der Waals surface area contributed by atoms with Gasteiger partial charge in [-0.25, -0.2) is 17.5 Å². The van der Waals surface area contributed by atoms with Gasteiger partial charge < -0.3 is 15.0 Å². The van der Waals surface area contributed by atoms with Crippen molar-refractivity contribution in [2.75, 3.05) is 26.3 Å². The molecule has 3 aromatic rings. The van der Waals surface area contributed by atoms with Gasteiger partial charge in [0.05, 0.1) is 4.90 Å². The summed E-state index contributed by atoms with van der Waals surface area (Å²) in [6.45, 7) is 5.56. The standard InChI is InChI=1S/C32H40FN3O5S/c1-3-35-42(39,40)29-18-13-25(14-19-29)15-20-31(37)36(24-27-11-16-28(33)17-12-27)30(23-26-9-6-5-7-10-26)32(38)34-21-8-22-41-4-2/h5-7,9-14,16-19,30,35H,3-4,8,15,20-24H2,1-2H3,(H,34,38). The lowest BCUT2D eigenvalue weighted by Crippen LogP contribution is -2.50. The molecule has 0 heterocycles. The molecule has 0 aromatic heterocycles. The Bertz CT molecular complexity index is 1370. The maximum Gasteiger partial charge on any atom is 0.243 e. The number of carbonyl (C=O) groups excluding carboxylic acids is 2. The number of hydrogen-bond acceptors (Lipinski definition) is 5. The van der Waals surface area contributed by atoms with Crippen LogP contribution in [0.2, 0.25) is 0 Å². The Morgan fingerprint density at radius 2 is 1.57 bits per heavy atom. The average Bonchev–Trinajstić information content (AvgIpc) is 2.99. The van der Waals surface area contributed by atoms with Crippen LogP contribution in [0.5, 0.6) is 0 Å². The van der Waals surface area contributed by atoms with Gasteiger partial charge in [0, 0.05) is 45.7 Å². The summed E-state index contributed by atoms with van der Waals surface area (Å²) in [5.74, 6) is -0.901. The molecular weight excluding hydrogens is 557 g/mol. The Balaban J connectivity index is 1.83. The second kappa shape index (κ2) is 16.7. The van der Waals surface area contributed by atoms with Crippen LogP contribution in [0.15, 0.2) is 83.8 Å². The molecule has 0 spiro atoms. The number of nitrogens with zero attached hydrogens (tertiary/aromatic N) is 1. The predicted octanol–water partition coefficient (Wildman–Crippen LogP) is 4.24. The van der Waals surface area contributed by atoms with Crippen LogP contribution in [0, 0.1) is 5.82 Å². The monoisotopic (exact) mass is 597 g/mol. The third-order valence-electron chi connectivity index (χ3n) is 6.70. The summed E-state index contributed by atoms with van der Waals surface area (Å²) in [7, 11) is -3.58. The van der Waals surface area contributed by atoms with Gasteiger partial charge in [-0.15, -0.1) is 0 Å². The number of hydrogen-bond donors (Lipinski definition) is 2. The summed E-state index contributed by atoms with van der Waals surface area (Å²) in [4.78, 5) is 29.1. The van der Waals surface area contributed by atoms with E-state index in [0.717, 1.165) is 11.1 Å². The van der Waals surface area contributed by atoms with Crippen molar-refractivity contribution >= 4 is 21.8 Å². The number of sulfonamides is 1. The van der Waals surface area contributed by atoms with Crippen molar-refractivity contribution in [3.05, 3.63) is 101 Å². The summed E-state index contributed by atoms with van der Waals surface area (Å²) in [5, 5.41) is 2.96. The van der Waals surface area contributed by atoms with E-state index in [0.29, 0.717) is 44.6 Å². The first-order chi connectivity index (χ1) is 20.2. The van der Waals surface area contributed by atoms with E-state index in [1.165, 1.54) is 24.3 Å². The lowest BCUT2D eigenvalue weighted by Gasteiger charge is -2.31. The normalized spacial score (nSPS) is 12.1. The third-order valence-corrected chi connectivity index (χ3v) is 8.26. The van der Waals surface area contributed by atoms with Crippen LogP contribution in [0.25, 0.3) is 0 Å². The largest absolute Gasteiger partial charge is 0.382 e. The Labute approximate surface area is 248 Å². The molecule has 8 nitrogen and oxygen atoms in total. The molecule has 1 atom stereocenters. The Morgan fingerprint density at radius 3 is 2.21 bits per heavy atom. The first-order valence-electron chi connectivity index (χ1n) is 14.3. The van der Waals surface area contributed by atoms with E-state index in [9.17, 15) is 22.4 Å². The molecule has 0 aliphatic heterocycles. The van der Waals surface area contributed by atoms with E-state index in [4.69, 9.17) is 4.74 Å². The lowest BCUT2D eigenvalue weighted by molar-refractivity contribution is -0.141. The van der Waals surface area contributed by atoms with Crippen molar-refractivity contribution in [2.45, 2.75) is 57.0 Å². The van der Waals surface area contributed by atoms with Gasteiger partial charge in [0.25, 0.3) is 0 Å². The fraction of sp³-hybridized carbons (Fsp3) is 0.375. The number of rotatable bonds is 17. The molecule has 0 aliphatic rings. The number of carbonyl (C=O) groups is 2. The first-order valence-corrected chi connectivity index (χ1v) is 15.7. The third kappa shape index (κ3) is 10.3. The van der Waals surface area contributed by atoms with E-state index >= 15 is 0 Å². The molecular formula is C32H40FN3O5S. The number of aryl methyl sites for hydroxylation is 1. The van der Waals surface area contributed by atoms with Gasteiger partial charge in [0.2, 0.25) is 21.8 Å². The molecule has 3 rings (SSSR count). The summed E-state index contributed by atoms with van der Waals surface area (Å²) in [6, 6.07) is 21.0. The molecule has 0 radical (unpaired) electrons. The van der Waals surface area contributed by atoms with E-state index in [1.54, 1.807) is 36.1 Å². The Hall–Kier alpha value is -3.60. The van der Waals surface area contributed by atoms with Gasteiger partial charge in [-0.05, 0) is 60.7 Å². The zero-order valence-corrected chi connectivity index (χ0v) is 25.0. The first kappa shape index (κ1) is 32.9. The molecule has 0 saturated heterocycles. The van der Waals surface area contributed by atoms with E-state index in [1.807, 2.05) is 37.3 Å². The van der Waals surface area contributed by atoms with E-state index in [-0.39, 0.29) is 42.0 Å². The summed E-state index contributed by atoms with van der Waals surface area (Å²) < 4.78 is 46.0. The van der Waals surface area contributed by atoms with Gasteiger partial charge in [-0.1, -0.05) is 61.5 Å². The maximum atomic E-state index is 13.8. The molecule has 226 valence electrons. The van der Waals surface area contributed by atoms with E-state index in [2.05, 4.69) is 10.0 Å². The van der Waals surface area contributed by atoms with Gasteiger partial charge in [-0.3, -0.25) is 9.59 Å². The number of ether oxygens (including phenoxy) is 1. The van der Waals surface area contributed by atoms with Gasteiger partial charge in [-0.2, -0.15) is 0 Å². The summed E-state index contributed by atoms with van der Waals surface area (Å²) in [6.07, 6.45) is 1.41. The molecule has 2 amide bonds. The topological polar surface area (TPSA) is 105 Å². The zero-order chi connectivity index (χ0) is 30.4. The maximum absolute atomic E-state index is 13.8. The Morgan fingerprint density at radius 1 is 0.905 bits per heavy atom. The van der Waals surface area contributed by atoms with Crippen LogP contribution in [-0.4, -0.2) is 57.5 Å². The highest BCUT2D eigenvalue weighted by molar-refractivity contribution is 7.89. The van der Waals surface area contributed by atoms with Crippen molar-refractivity contribution < 1.29 is 27.1 Å². The van der Waals surface area contributed by atoms with Gasteiger partial charge in [0.15, 0.2) is 0 Å². The predicted molar refractivity (Wildman–Crippen MR) is 161 cm³/mol. The summed E-state index contributed by atoms with van der Waals surface area (Å²) >= 11 is 0. The molecule has 1 unspecified atom stereocenters. The lowest BCUT2D eigenvalue weighted by atomic mass is 10.0. The van der Waals surface area contributed by atoms with Crippen LogP contribution in [0.3, 0.4) is 0 Å². The summed E-state index contributed by atoms with van der Waals surface area (Å²) in [5.41, 5.74) is 2.40. The molecule has 2 N–H and O–H groups in total. The minimum Gasteiger partial charge on any atom is -0.382 e. The molecule has 0 saturated carbocycles.